The number of amides is 2. The molecule has 1 atom stereocenters. The van der Waals surface area contributed by atoms with Crippen LogP contribution < -0.4 is 10.6 Å². The van der Waals surface area contributed by atoms with Crippen LogP contribution in [-0.2, 0) is 9.53 Å². The first kappa shape index (κ1) is 16.8. The molecule has 6 heteroatoms. The number of rotatable bonds is 7. The van der Waals surface area contributed by atoms with Gasteiger partial charge < -0.3 is 20.5 Å². The van der Waals surface area contributed by atoms with Crippen LogP contribution in [0.3, 0.4) is 0 Å². The van der Waals surface area contributed by atoms with Gasteiger partial charge >= 0.3 is 12.0 Å². The maximum Gasteiger partial charge on any atom is 0.326 e. The van der Waals surface area contributed by atoms with Crippen LogP contribution in [0.4, 0.5) is 4.79 Å². The third-order valence-electron chi connectivity index (χ3n) is 3.51. The smallest absolute Gasteiger partial charge is 0.326 e. The average molecular weight is 286 g/mol. The van der Waals surface area contributed by atoms with E-state index in [1.807, 2.05) is 0 Å². The predicted molar refractivity (Wildman–Crippen MR) is 75.6 cm³/mol. The lowest BCUT2D eigenvalue weighted by atomic mass is 9.98. The van der Waals surface area contributed by atoms with Crippen molar-refractivity contribution in [2.24, 2.45) is 5.92 Å². The zero-order valence-corrected chi connectivity index (χ0v) is 12.4. The lowest BCUT2D eigenvalue weighted by Gasteiger charge is -2.22. The molecule has 1 rings (SSSR count). The molecule has 0 aromatic rings. The molecule has 0 unspecified atom stereocenters. The van der Waals surface area contributed by atoms with Gasteiger partial charge in [-0.15, -0.1) is 0 Å². The number of hydrogen-bond donors (Lipinski definition) is 3. The molecule has 1 saturated carbocycles. The van der Waals surface area contributed by atoms with Crippen LogP contribution in [0.5, 0.6) is 0 Å². The van der Waals surface area contributed by atoms with Crippen molar-refractivity contribution in [3.05, 3.63) is 0 Å². The Morgan fingerprint density at radius 3 is 2.45 bits per heavy atom. The number of ether oxygens (including phenoxy) is 1. The topological polar surface area (TPSA) is 87.7 Å². The highest BCUT2D eigenvalue weighted by Gasteiger charge is 2.23. The number of nitrogens with one attached hydrogen (secondary N) is 2. The van der Waals surface area contributed by atoms with Crippen molar-refractivity contribution >= 4 is 12.0 Å². The fourth-order valence-electron chi connectivity index (χ4n) is 2.33. The molecule has 1 fully saturated rings. The average Bonchev–Trinajstić information content (AvgIpc) is 2.41. The summed E-state index contributed by atoms with van der Waals surface area (Å²) in [7, 11) is 0. The van der Waals surface area contributed by atoms with Gasteiger partial charge in [0.2, 0.25) is 0 Å². The van der Waals surface area contributed by atoms with Gasteiger partial charge in [0.1, 0.15) is 6.04 Å². The van der Waals surface area contributed by atoms with Gasteiger partial charge in [0, 0.05) is 6.54 Å². The van der Waals surface area contributed by atoms with Gasteiger partial charge in [-0.05, 0) is 18.8 Å². The number of urea groups is 1. The monoisotopic (exact) mass is 286 g/mol. The van der Waals surface area contributed by atoms with Crippen LogP contribution in [0.15, 0.2) is 0 Å². The number of aliphatic carboxylic acids is 1. The Balaban J connectivity index is 2.14. The Labute approximate surface area is 120 Å². The van der Waals surface area contributed by atoms with Gasteiger partial charge in [-0.25, -0.2) is 9.59 Å². The maximum absolute atomic E-state index is 11.6. The lowest BCUT2D eigenvalue weighted by Crippen LogP contribution is -2.49. The van der Waals surface area contributed by atoms with Crippen molar-refractivity contribution in [1.29, 1.82) is 0 Å². The highest BCUT2D eigenvalue weighted by molar-refractivity contribution is 5.82. The van der Waals surface area contributed by atoms with Crippen molar-refractivity contribution in [2.45, 2.75) is 58.1 Å². The molecule has 0 aromatic carbocycles. The molecule has 6 nitrogen and oxygen atoms in total. The lowest BCUT2D eigenvalue weighted by molar-refractivity contribution is -0.140. The Morgan fingerprint density at radius 2 is 1.90 bits per heavy atom. The van der Waals surface area contributed by atoms with Crippen molar-refractivity contribution in [3.63, 3.8) is 0 Å². The molecule has 0 aromatic heterocycles. The molecule has 116 valence electrons. The number of carboxylic acids is 1. The molecular weight excluding hydrogens is 260 g/mol. The van der Waals surface area contributed by atoms with Gasteiger partial charge in [0.05, 0.1) is 12.7 Å². The summed E-state index contributed by atoms with van der Waals surface area (Å²) >= 11 is 0. The normalized spacial score (nSPS) is 17.8. The third-order valence-corrected chi connectivity index (χ3v) is 3.51. The molecular formula is C14H26N2O4. The van der Waals surface area contributed by atoms with E-state index in [2.05, 4.69) is 10.6 Å². The van der Waals surface area contributed by atoms with E-state index in [1.54, 1.807) is 13.8 Å². The van der Waals surface area contributed by atoms with E-state index >= 15 is 0 Å². The molecule has 1 aliphatic carbocycles. The number of carbonyl (C=O) groups is 2. The summed E-state index contributed by atoms with van der Waals surface area (Å²) in [4.78, 5) is 22.5. The first-order valence-electron chi connectivity index (χ1n) is 7.39. The second-order valence-electron chi connectivity index (χ2n) is 5.59. The predicted octanol–water partition coefficient (Wildman–Crippen LogP) is 1.74. The fraction of sp³-hybridized carbons (Fsp3) is 0.857. The summed E-state index contributed by atoms with van der Waals surface area (Å²) in [6, 6.07) is -1.33. The molecule has 2 amide bonds. The van der Waals surface area contributed by atoms with Crippen molar-refractivity contribution in [3.8, 4) is 0 Å². The Hall–Kier alpha value is -1.30. The molecule has 20 heavy (non-hydrogen) atoms. The Kier molecular flexibility index (Phi) is 7.36. The van der Waals surface area contributed by atoms with Crippen LogP contribution in [-0.4, -0.2) is 42.4 Å². The minimum atomic E-state index is -1.02. The van der Waals surface area contributed by atoms with E-state index < -0.39 is 18.0 Å². The molecule has 1 aliphatic rings. The van der Waals surface area contributed by atoms with Crippen molar-refractivity contribution in [2.75, 3.05) is 13.2 Å². The first-order chi connectivity index (χ1) is 9.50. The summed E-state index contributed by atoms with van der Waals surface area (Å²) < 4.78 is 5.67. The van der Waals surface area contributed by atoms with Crippen molar-refractivity contribution in [1.82, 2.24) is 10.6 Å². The van der Waals surface area contributed by atoms with Crippen LogP contribution in [0.25, 0.3) is 0 Å². The highest BCUT2D eigenvalue weighted by Crippen LogP contribution is 2.19. The summed E-state index contributed by atoms with van der Waals surface area (Å²) in [5.41, 5.74) is 0. The van der Waals surface area contributed by atoms with Gasteiger partial charge in [0.15, 0.2) is 0 Å². The molecule has 0 spiro atoms. The molecule has 0 aliphatic heterocycles. The summed E-state index contributed by atoms with van der Waals surface area (Å²) in [5, 5.41) is 14.0. The molecule has 0 bridgehead atoms. The minimum Gasteiger partial charge on any atom is -0.480 e. The van der Waals surface area contributed by atoms with Gasteiger partial charge in [0.25, 0.3) is 0 Å². The van der Waals surface area contributed by atoms with Gasteiger partial charge in [-0.3, -0.25) is 0 Å². The van der Waals surface area contributed by atoms with E-state index in [0.717, 1.165) is 12.8 Å². The number of carboxylic acid groups (broad SMARTS) is 1. The summed E-state index contributed by atoms with van der Waals surface area (Å²) in [6.45, 7) is 4.38. The highest BCUT2D eigenvalue weighted by atomic mass is 16.5. The third kappa shape index (κ3) is 6.23. The summed E-state index contributed by atoms with van der Waals surface area (Å²) in [6.07, 6.45) is 6.23. The second kappa shape index (κ2) is 8.79. The van der Waals surface area contributed by atoms with E-state index in [9.17, 15) is 9.59 Å². The first-order valence-corrected chi connectivity index (χ1v) is 7.39. The molecule has 3 N–H and O–H groups in total. The maximum atomic E-state index is 11.6. The quantitative estimate of drug-likeness (QED) is 0.622. The number of hydrogen-bond acceptors (Lipinski definition) is 3. The molecule has 0 heterocycles. The van der Waals surface area contributed by atoms with Gasteiger partial charge in [-0.1, -0.05) is 33.1 Å². The zero-order chi connectivity index (χ0) is 15.0. The van der Waals surface area contributed by atoms with E-state index in [1.165, 1.54) is 19.3 Å². The Morgan fingerprint density at radius 1 is 1.25 bits per heavy atom. The standard InChI is InChI=1S/C14H26N2O4/c1-10(2)12(13(17)18)16-14(19)15-8-9-20-11-6-4-3-5-7-11/h10-12H,3-9H2,1-2H3,(H,17,18)(H2,15,16,19)/t12-/m0/s1. The second-order valence-corrected chi connectivity index (χ2v) is 5.59. The largest absolute Gasteiger partial charge is 0.480 e. The zero-order valence-electron chi connectivity index (χ0n) is 12.4. The fourth-order valence-corrected chi connectivity index (χ4v) is 2.33. The van der Waals surface area contributed by atoms with Crippen LogP contribution in [0.1, 0.15) is 46.0 Å². The summed E-state index contributed by atoms with van der Waals surface area (Å²) in [5.74, 6) is -1.18. The van der Waals surface area contributed by atoms with Crippen LogP contribution >= 0.6 is 0 Å². The minimum absolute atomic E-state index is 0.156. The Bertz CT molecular complexity index is 314. The number of carbonyl (C=O) groups excluding carboxylic acids is 1. The van der Waals surface area contributed by atoms with Crippen LogP contribution in [0.2, 0.25) is 0 Å². The van der Waals surface area contributed by atoms with Crippen molar-refractivity contribution < 1.29 is 19.4 Å². The van der Waals surface area contributed by atoms with E-state index in [-0.39, 0.29) is 5.92 Å². The SMILES string of the molecule is CC(C)[C@H](NC(=O)NCCOC1CCCCC1)C(=O)O. The molecule has 0 saturated heterocycles. The van der Waals surface area contributed by atoms with E-state index in [0.29, 0.717) is 19.3 Å². The van der Waals surface area contributed by atoms with E-state index in [4.69, 9.17) is 9.84 Å². The molecule has 0 radical (unpaired) electrons. The van der Waals surface area contributed by atoms with Crippen LogP contribution in [0, 0.1) is 5.92 Å². The van der Waals surface area contributed by atoms with Gasteiger partial charge in [-0.2, -0.15) is 0 Å².